The summed E-state index contributed by atoms with van der Waals surface area (Å²) in [4.78, 5) is 20.1. The summed E-state index contributed by atoms with van der Waals surface area (Å²) < 4.78 is 1.76. The Morgan fingerprint density at radius 1 is 1.38 bits per heavy atom. The number of hydrogen-bond donors (Lipinski definition) is 0. The Hall–Kier alpha value is -1.58. The molecule has 4 nitrogen and oxygen atoms in total. The Kier molecular flexibility index (Phi) is 5.75. The number of aryl methyl sites for hydroxylation is 2. The summed E-state index contributed by atoms with van der Waals surface area (Å²) in [6.45, 7) is 4.28. The van der Waals surface area contributed by atoms with Crippen molar-refractivity contribution >= 4 is 33.3 Å². The van der Waals surface area contributed by atoms with Crippen LogP contribution in [-0.2, 0) is 19.4 Å². The van der Waals surface area contributed by atoms with Crippen LogP contribution in [0.5, 0.6) is 0 Å². The highest BCUT2D eigenvalue weighted by atomic mass is 32.2. The maximum atomic E-state index is 13.0. The highest BCUT2D eigenvalue weighted by Crippen LogP contribution is 2.34. The maximum Gasteiger partial charge on any atom is 0.263 e. The van der Waals surface area contributed by atoms with Gasteiger partial charge in [-0.25, -0.2) is 4.98 Å². The number of unbranched alkanes of at least 4 members (excludes halogenated alkanes) is 2. The van der Waals surface area contributed by atoms with Gasteiger partial charge in [0.25, 0.3) is 5.56 Å². The molecule has 0 fully saturated rings. The van der Waals surface area contributed by atoms with Crippen LogP contribution in [-0.4, -0.2) is 15.3 Å². The minimum absolute atomic E-state index is 0.0822. The standard InChI is InChI=1S/C18H21N3OS2/c1-2-11-21-17(22)15-13-8-4-5-9-14(13)24-16(15)20-18(21)23-12-7-3-6-10-19/h2H,1,3-9,11-12H2. The maximum absolute atomic E-state index is 13.0. The van der Waals surface area contributed by atoms with E-state index in [1.807, 2.05) is 0 Å². The van der Waals surface area contributed by atoms with Crippen molar-refractivity contribution in [2.45, 2.75) is 56.6 Å². The summed E-state index contributed by atoms with van der Waals surface area (Å²) in [5.41, 5.74) is 1.32. The van der Waals surface area contributed by atoms with Crippen molar-refractivity contribution in [3.8, 4) is 6.07 Å². The lowest BCUT2D eigenvalue weighted by Gasteiger charge is -2.12. The minimum atomic E-state index is 0.0822. The van der Waals surface area contributed by atoms with Crippen molar-refractivity contribution in [2.24, 2.45) is 0 Å². The summed E-state index contributed by atoms with van der Waals surface area (Å²) >= 11 is 3.31. The third-order valence-electron chi connectivity index (χ3n) is 4.27. The third-order valence-corrected chi connectivity index (χ3v) is 6.51. The van der Waals surface area contributed by atoms with E-state index in [1.165, 1.54) is 16.9 Å². The van der Waals surface area contributed by atoms with Gasteiger partial charge in [0.1, 0.15) is 4.83 Å². The number of rotatable bonds is 7. The molecule has 2 aromatic rings. The van der Waals surface area contributed by atoms with Crippen molar-refractivity contribution in [2.75, 3.05) is 5.75 Å². The summed E-state index contributed by atoms with van der Waals surface area (Å²) in [5.74, 6) is 0.877. The molecule has 24 heavy (non-hydrogen) atoms. The number of hydrogen-bond acceptors (Lipinski definition) is 5. The quantitative estimate of drug-likeness (QED) is 0.320. The molecule has 3 rings (SSSR count). The lowest BCUT2D eigenvalue weighted by molar-refractivity contribution is 0.667. The average molecular weight is 360 g/mol. The molecule has 0 bridgehead atoms. The SMILES string of the molecule is C=CCn1c(SCCCCC#N)nc2sc3c(c2c1=O)CCCC3. The molecule has 0 N–H and O–H groups in total. The van der Waals surface area contributed by atoms with Crippen LogP contribution in [0.1, 0.15) is 42.5 Å². The third kappa shape index (κ3) is 3.42. The van der Waals surface area contributed by atoms with E-state index in [0.717, 1.165) is 53.2 Å². The van der Waals surface area contributed by atoms with Crippen LogP contribution in [0.3, 0.4) is 0 Å². The van der Waals surface area contributed by atoms with Gasteiger partial charge in [0.05, 0.1) is 11.5 Å². The molecule has 1 aliphatic rings. The second kappa shape index (κ2) is 8.00. The second-order valence-corrected chi connectivity index (χ2v) is 8.10. The van der Waals surface area contributed by atoms with Gasteiger partial charge in [-0.1, -0.05) is 17.8 Å². The first-order chi connectivity index (χ1) is 11.8. The zero-order valence-electron chi connectivity index (χ0n) is 13.7. The molecule has 0 aliphatic heterocycles. The molecule has 6 heteroatoms. The minimum Gasteiger partial charge on any atom is -0.283 e. The molecule has 126 valence electrons. The molecule has 0 unspecified atom stereocenters. The molecule has 0 atom stereocenters. The van der Waals surface area contributed by atoms with Crippen LogP contribution < -0.4 is 5.56 Å². The first-order valence-electron chi connectivity index (χ1n) is 8.42. The number of allylic oxidation sites excluding steroid dienone is 1. The Bertz CT molecular complexity index is 845. The summed E-state index contributed by atoms with van der Waals surface area (Å²) in [5, 5.41) is 10.2. The molecule has 0 amide bonds. The van der Waals surface area contributed by atoms with Gasteiger partial charge in [-0.05, 0) is 44.1 Å². The first kappa shape index (κ1) is 17.2. The van der Waals surface area contributed by atoms with Gasteiger partial charge >= 0.3 is 0 Å². The lowest BCUT2D eigenvalue weighted by Crippen LogP contribution is -2.23. The topological polar surface area (TPSA) is 58.7 Å². The van der Waals surface area contributed by atoms with E-state index in [1.54, 1.807) is 33.7 Å². The van der Waals surface area contributed by atoms with E-state index in [-0.39, 0.29) is 5.56 Å². The predicted molar refractivity (Wildman–Crippen MR) is 101 cm³/mol. The second-order valence-electron chi connectivity index (χ2n) is 5.95. The lowest BCUT2D eigenvalue weighted by atomic mass is 9.97. The van der Waals surface area contributed by atoms with Crippen molar-refractivity contribution in [3.05, 3.63) is 33.4 Å². The van der Waals surface area contributed by atoms with Crippen molar-refractivity contribution in [1.29, 1.82) is 5.26 Å². The largest absolute Gasteiger partial charge is 0.283 e. The number of nitrogens with zero attached hydrogens (tertiary/aromatic N) is 3. The Balaban J connectivity index is 1.96. The van der Waals surface area contributed by atoms with Crippen molar-refractivity contribution in [1.82, 2.24) is 9.55 Å². The van der Waals surface area contributed by atoms with Crippen LogP contribution in [0, 0.1) is 11.3 Å². The van der Waals surface area contributed by atoms with Crippen LogP contribution in [0.25, 0.3) is 10.2 Å². The molecule has 0 saturated heterocycles. The van der Waals surface area contributed by atoms with Gasteiger partial charge in [-0.2, -0.15) is 5.26 Å². The molecule has 2 aromatic heterocycles. The van der Waals surface area contributed by atoms with E-state index in [9.17, 15) is 4.79 Å². The van der Waals surface area contributed by atoms with Gasteiger partial charge in [-0.15, -0.1) is 17.9 Å². The summed E-state index contributed by atoms with van der Waals surface area (Å²) in [7, 11) is 0. The zero-order chi connectivity index (χ0) is 16.9. The van der Waals surface area contributed by atoms with Crippen molar-refractivity contribution < 1.29 is 0 Å². The molecule has 0 radical (unpaired) electrons. The number of aromatic nitrogens is 2. The van der Waals surface area contributed by atoms with Gasteiger partial charge < -0.3 is 0 Å². The molecule has 1 aliphatic carbocycles. The Morgan fingerprint density at radius 2 is 2.21 bits per heavy atom. The molecule has 0 spiro atoms. The molecular formula is C18H21N3OS2. The number of thioether (sulfide) groups is 1. The van der Waals surface area contributed by atoms with Crippen LogP contribution >= 0.6 is 23.1 Å². The van der Waals surface area contributed by atoms with E-state index in [0.29, 0.717) is 13.0 Å². The van der Waals surface area contributed by atoms with Gasteiger partial charge in [0.15, 0.2) is 5.16 Å². The van der Waals surface area contributed by atoms with Gasteiger partial charge in [-0.3, -0.25) is 9.36 Å². The Morgan fingerprint density at radius 3 is 3.00 bits per heavy atom. The van der Waals surface area contributed by atoms with Crippen LogP contribution in [0.4, 0.5) is 0 Å². The number of fused-ring (bicyclic) bond motifs is 3. The average Bonchev–Trinajstić information content (AvgIpc) is 2.96. The predicted octanol–water partition coefficient (Wildman–Crippen LogP) is 4.31. The molecule has 0 saturated carbocycles. The number of thiophene rings is 1. The molecule has 2 heterocycles. The zero-order valence-corrected chi connectivity index (χ0v) is 15.3. The van der Waals surface area contributed by atoms with Gasteiger partial charge in [0.2, 0.25) is 0 Å². The highest BCUT2D eigenvalue weighted by Gasteiger charge is 2.21. The molecule has 0 aromatic carbocycles. The smallest absolute Gasteiger partial charge is 0.263 e. The normalized spacial score (nSPS) is 13.6. The fourth-order valence-electron chi connectivity index (χ4n) is 3.09. The monoisotopic (exact) mass is 359 g/mol. The van der Waals surface area contributed by atoms with E-state index < -0.39 is 0 Å². The highest BCUT2D eigenvalue weighted by molar-refractivity contribution is 7.99. The molecular weight excluding hydrogens is 338 g/mol. The van der Waals surface area contributed by atoms with E-state index >= 15 is 0 Å². The van der Waals surface area contributed by atoms with Crippen LogP contribution in [0.15, 0.2) is 22.6 Å². The van der Waals surface area contributed by atoms with E-state index in [4.69, 9.17) is 10.2 Å². The number of nitriles is 1. The van der Waals surface area contributed by atoms with E-state index in [2.05, 4.69) is 12.6 Å². The first-order valence-corrected chi connectivity index (χ1v) is 10.2. The van der Waals surface area contributed by atoms with Crippen molar-refractivity contribution in [3.63, 3.8) is 0 Å². The summed E-state index contributed by atoms with van der Waals surface area (Å²) in [6, 6.07) is 2.17. The fraction of sp³-hybridized carbons (Fsp3) is 0.500. The van der Waals surface area contributed by atoms with Crippen LogP contribution in [0.2, 0.25) is 0 Å². The fourth-order valence-corrected chi connectivity index (χ4v) is 5.40. The van der Waals surface area contributed by atoms with Gasteiger partial charge in [0, 0.05) is 23.6 Å². The Labute approximate surface area is 150 Å². The summed E-state index contributed by atoms with van der Waals surface area (Å²) in [6.07, 6.45) is 8.65.